The van der Waals surface area contributed by atoms with Gasteiger partial charge in [-0.3, -0.25) is 0 Å². The van der Waals surface area contributed by atoms with Gasteiger partial charge in [0.25, 0.3) is 0 Å². The molecule has 0 atom stereocenters. The summed E-state index contributed by atoms with van der Waals surface area (Å²) < 4.78 is 0. The van der Waals surface area contributed by atoms with Crippen molar-refractivity contribution in [2.24, 2.45) is 0 Å². The Morgan fingerprint density at radius 3 is 0.929 bits per heavy atom. The summed E-state index contributed by atoms with van der Waals surface area (Å²) in [5.74, 6) is 8.16. The van der Waals surface area contributed by atoms with E-state index in [1.807, 2.05) is 0 Å². The van der Waals surface area contributed by atoms with Gasteiger partial charge < -0.3 is 0 Å². The topological polar surface area (TPSA) is 0 Å². The van der Waals surface area contributed by atoms with Crippen molar-refractivity contribution >= 4 is 59.2 Å². The van der Waals surface area contributed by atoms with Gasteiger partial charge in [0.05, 0.1) is 0 Å². The molecule has 2 heteroatoms. The molecule has 0 nitrogen and oxygen atoms in total. The highest BCUT2D eigenvalue weighted by Crippen LogP contribution is 2.41. The summed E-state index contributed by atoms with van der Waals surface area (Å²) in [5, 5.41) is 10.2. The molecule has 5 aromatic rings. The highest BCUT2D eigenvalue weighted by molar-refractivity contribution is 6.90. The quantitative estimate of drug-likeness (QED) is 0.0360. The summed E-state index contributed by atoms with van der Waals surface area (Å²) in [6, 6.07) is 30.2. The molecule has 298 valence electrons. The monoisotopic (exact) mass is 779 g/mol. The molecule has 5 aromatic carbocycles. The largest absolute Gasteiger partial charge is 0.143 e. The standard InChI is InChI=1S/C54H74Si2/c1-11-13-15-17-19-25-33-55(41(3)4,42(5)6)35-31-49-51-37-45-27-21-23-29-47(45)39-53(51)50(54-40-48-30-24-22-28-46(48)38-52(49)54)32-36-56(43(7)8,44(9)10)34-26-20-18-16-14-12-2/h21-24,27-30,37-44H,11-20,25-26,33-34H2,1-10H3. The first kappa shape index (κ1) is 43.8. The SMILES string of the molecule is CCCCCCCC[Si](C#Cc1c2cc3ccccc3cc2c(C#C[Si](CCCCCCCC)(C(C)C)C(C)C)c2cc3ccccc3cc12)(C(C)C)C(C)C. The molecule has 0 heterocycles. The fourth-order valence-electron chi connectivity index (χ4n) is 9.81. The van der Waals surface area contributed by atoms with E-state index >= 15 is 0 Å². The molecule has 0 spiro atoms. The van der Waals surface area contributed by atoms with E-state index in [-0.39, 0.29) is 0 Å². The molecule has 0 unspecified atom stereocenters. The highest BCUT2D eigenvalue weighted by Gasteiger charge is 2.39. The zero-order valence-corrected chi connectivity index (χ0v) is 39.1. The minimum absolute atomic E-state index is 0.603. The second kappa shape index (κ2) is 20.4. The molecule has 0 saturated heterocycles. The number of unbranched alkanes of at least 4 members (excludes halogenated alkanes) is 10. The minimum atomic E-state index is -1.97. The third-order valence-corrected chi connectivity index (χ3v) is 25.5. The molecule has 0 aliphatic heterocycles. The average molecular weight is 779 g/mol. The van der Waals surface area contributed by atoms with Crippen molar-refractivity contribution in [1.82, 2.24) is 0 Å². The number of hydrogen-bond donors (Lipinski definition) is 0. The Balaban J connectivity index is 1.79. The van der Waals surface area contributed by atoms with Crippen LogP contribution >= 0.6 is 0 Å². The lowest BCUT2D eigenvalue weighted by molar-refractivity contribution is 0.620. The maximum Gasteiger partial charge on any atom is 0.143 e. The molecular formula is C54H74Si2. The molecule has 56 heavy (non-hydrogen) atoms. The molecule has 0 N–H and O–H groups in total. The van der Waals surface area contributed by atoms with Gasteiger partial charge in [-0.1, -0.05) is 207 Å². The molecule has 0 bridgehead atoms. The fraction of sp³-hybridized carbons (Fsp3) is 0.519. The maximum atomic E-state index is 4.24. The lowest BCUT2D eigenvalue weighted by Crippen LogP contribution is -2.40. The van der Waals surface area contributed by atoms with Gasteiger partial charge in [-0.15, -0.1) is 11.1 Å². The molecule has 0 amide bonds. The van der Waals surface area contributed by atoms with E-state index < -0.39 is 16.1 Å². The van der Waals surface area contributed by atoms with Crippen molar-refractivity contribution in [3.8, 4) is 22.9 Å². The molecular weight excluding hydrogens is 705 g/mol. The van der Waals surface area contributed by atoms with Gasteiger partial charge in [0.2, 0.25) is 0 Å². The second-order valence-electron chi connectivity index (χ2n) is 18.5. The van der Waals surface area contributed by atoms with Crippen molar-refractivity contribution in [2.75, 3.05) is 0 Å². The average Bonchev–Trinajstić information content (AvgIpc) is 3.18. The summed E-state index contributed by atoms with van der Waals surface area (Å²) in [6.45, 7) is 24.4. The van der Waals surface area contributed by atoms with E-state index in [4.69, 9.17) is 0 Å². The number of hydrogen-bond acceptors (Lipinski definition) is 0. The summed E-state index contributed by atoms with van der Waals surface area (Å²) >= 11 is 0. The van der Waals surface area contributed by atoms with E-state index in [1.54, 1.807) is 0 Å². The number of rotatable bonds is 18. The molecule has 0 saturated carbocycles. The smallest absolute Gasteiger partial charge is 0.125 e. The van der Waals surface area contributed by atoms with Crippen LogP contribution in [0.15, 0.2) is 72.8 Å². The van der Waals surface area contributed by atoms with Gasteiger partial charge in [-0.05, 0) is 102 Å². The van der Waals surface area contributed by atoms with E-state index in [0.717, 1.165) is 0 Å². The highest BCUT2D eigenvalue weighted by atomic mass is 28.3. The molecule has 0 aliphatic carbocycles. The van der Waals surface area contributed by atoms with Crippen molar-refractivity contribution < 1.29 is 0 Å². The molecule has 0 radical (unpaired) electrons. The van der Waals surface area contributed by atoms with Crippen LogP contribution in [0, 0.1) is 22.9 Å². The van der Waals surface area contributed by atoms with Crippen molar-refractivity contribution in [2.45, 2.75) is 181 Å². The van der Waals surface area contributed by atoms with Crippen LogP contribution in [-0.2, 0) is 0 Å². The Hall–Kier alpha value is -3.31. The van der Waals surface area contributed by atoms with Crippen LogP contribution in [0.5, 0.6) is 0 Å². The van der Waals surface area contributed by atoms with E-state index in [1.165, 1.54) is 143 Å². The van der Waals surface area contributed by atoms with Crippen molar-refractivity contribution in [3.63, 3.8) is 0 Å². The molecule has 0 fully saturated rings. The minimum Gasteiger partial charge on any atom is -0.125 e. The lowest BCUT2D eigenvalue weighted by Gasteiger charge is -2.34. The van der Waals surface area contributed by atoms with Crippen LogP contribution in [0.4, 0.5) is 0 Å². The first-order valence-electron chi connectivity index (χ1n) is 22.9. The Labute approximate surface area is 345 Å². The van der Waals surface area contributed by atoms with Gasteiger partial charge in [-0.25, -0.2) is 0 Å². The normalized spacial score (nSPS) is 12.4. The van der Waals surface area contributed by atoms with Crippen molar-refractivity contribution in [1.29, 1.82) is 0 Å². The van der Waals surface area contributed by atoms with E-state index in [9.17, 15) is 0 Å². The lowest BCUT2D eigenvalue weighted by atomic mass is 9.89. The fourth-order valence-corrected chi connectivity index (χ4v) is 18.6. The van der Waals surface area contributed by atoms with Gasteiger partial charge in [-0.2, -0.15) is 0 Å². The maximum absolute atomic E-state index is 4.24. The Morgan fingerprint density at radius 2 is 0.661 bits per heavy atom. The van der Waals surface area contributed by atoms with Gasteiger partial charge in [0.15, 0.2) is 0 Å². The third-order valence-electron chi connectivity index (χ3n) is 13.7. The molecule has 0 aliphatic rings. The van der Waals surface area contributed by atoms with Gasteiger partial charge in [0, 0.05) is 11.1 Å². The van der Waals surface area contributed by atoms with Crippen LogP contribution in [-0.4, -0.2) is 16.1 Å². The van der Waals surface area contributed by atoms with E-state index in [2.05, 4.69) is 165 Å². The van der Waals surface area contributed by atoms with Gasteiger partial charge in [0.1, 0.15) is 16.1 Å². The summed E-state index contributed by atoms with van der Waals surface area (Å²) in [5.41, 5.74) is 13.3. The zero-order chi connectivity index (χ0) is 40.3. The Kier molecular flexibility index (Phi) is 16.0. The van der Waals surface area contributed by atoms with Crippen molar-refractivity contribution in [3.05, 3.63) is 83.9 Å². The third kappa shape index (κ3) is 9.86. The van der Waals surface area contributed by atoms with Crippen LogP contribution in [0.2, 0.25) is 34.3 Å². The molecule has 0 aromatic heterocycles. The van der Waals surface area contributed by atoms with Gasteiger partial charge >= 0.3 is 0 Å². The number of benzene rings is 5. The summed E-state index contributed by atoms with van der Waals surface area (Å²) in [7, 11) is -3.94. The second-order valence-corrected chi connectivity index (χ2v) is 28.8. The van der Waals surface area contributed by atoms with Crippen LogP contribution in [0.1, 0.15) is 157 Å². The number of fused-ring (bicyclic) bond motifs is 4. The summed E-state index contributed by atoms with van der Waals surface area (Å²) in [6.07, 6.45) is 16.1. The Morgan fingerprint density at radius 1 is 0.393 bits per heavy atom. The summed E-state index contributed by atoms with van der Waals surface area (Å²) in [4.78, 5) is 0. The van der Waals surface area contributed by atoms with E-state index in [0.29, 0.717) is 22.2 Å². The predicted molar refractivity (Wildman–Crippen MR) is 258 cm³/mol. The zero-order valence-electron chi connectivity index (χ0n) is 37.1. The first-order chi connectivity index (χ1) is 27.0. The van der Waals surface area contributed by atoms with Crippen LogP contribution < -0.4 is 0 Å². The van der Waals surface area contributed by atoms with Crippen LogP contribution in [0.3, 0.4) is 0 Å². The Bertz CT molecular complexity index is 1910. The molecule has 5 rings (SSSR count). The first-order valence-corrected chi connectivity index (χ1v) is 27.6. The predicted octanol–water partition coefficient (Wildman–Crippen LogP) is 17.3. The van der Waals surface area contributed by atoms with Crippen LogP contribution in [0.25, 0.3) is 43.1 Å².